The number of nitrogens with two attached hydrogens (primary N) is 1. The molecule has 1 aromatic heterocycles. The van der Waals surface area contributed by atoms with Gasteiger partial charge in [-0.1, -0.05) is 11.3 Å². The highest BCUT2D eigenvalue weighted by atomic mass is 32.1. The van der Waals surface area contributed by atoms with E-state index in [9.17, 15) is 8.78 Å². The predicted octanol–water partition coefficient (Wildman–Crippen LogP) is 1.90. The van der Waals surface area contributed by atoms with Gasteiger partial charge in [0.25, 0.3) is 5.92 Å². The Morgan fingerprint density at radius 2 is 2.29 bits per heavy atom. The van der Waals surface area contributed by atoms with Crippen molar-refractivity contribution in [2.24, 2.45) is 5.73 Å². The molecule has 1 aromatic rings. The van der Waals surface area contributed by atoms with E-state index in [0.29, 0.717) is 22.9 Å². The summed E-state index contributed by atoms with van der Waals surface area (Å²) in [4.78, 5) is 0. The van der Waals surface area contributed by atoms with Crippen molar-refractivity contribution in [1.29, 1.82) is 0 Å². The Morgan fingerprint density at radius 1 is 1.50 bits per heavy atom. The predicted molar refractivity (Wildman–Crippen MR) is 49.3 cm³/mol. The van der Waals surface area contributed by atoms with Gasteiger partial charge in [-0.05, 0) is 12.8 Å². The van der Waals surface area contributed by atoms with Crippen LogP contribution in [-0.2, 0) is 6.54 Å². The number of hydrogen-bond donors (Lipinski definition) is 1. The van der Waals surface area contributed by atoms with E-state index in [1.54, 1.807) is 0 Å². The minimum atomic E-state index is -2.61. The van der Waals surface area contributed by atoms with Crippen LogP contribution in [0.25, 0.3) is 0 Å². The highest BCUT2D eigenvalue weighted by Crippen LogP contribution is 2.47. The molecule has 0 aliphatic heterocycles. The van der Waals surface area contributed by atoms with Crippen molar-refractivity contribution in [3.8, 4) is 0 Å². The van der Waals surface area contributed by atoms with Crippen LogP contribution in [0.1, 0.15) is 35.2 Å². The number of alkyl halides is 2. The van der Waals surface area contributed by atoms with Crippen LogP contribution < -0.4 is 5.73 Å². The van der Waals surface area contributed by atoms with Gasteiger partial charge in [0.1, 0.15) is 10.0 Å². The molecule has 78 valence electrons. The molecular weight excluding hydrogens is 208 g/mol. The minimum absolute atomic E-state index is 0.0325. The molecule has 1 unspecified atom stereocenters. The van der Waals surface area contributed by atoms with Gasteiger partial charge < -0.3 is 5.73 Å². The first-order valence-corrected chi connectivity index (χ1v) is 5.35. The van der Waals surface area contributed by atoms with Crippen LogP contribution in [0.2, 0.25) is 0 Å². The monoisotopic (exact) mass is 219 g/mol. The first kappa shape index (κ1) is 9.92. The lowest BCUT2D eigenvalue weighted by molar-refractivity contribution is -0.00916. The summed E-state index contributed by atoms with van der Waals surface area (Å²) >= 11 is 1.21. The maximum atomic E-state index is 13.3. The van der Waals surface area contributed by atoms with E-state index >= 15 is 0 Å². The third-order valence-corrected chi connectivity index (χ3v) is 3.53. The number of aromatic nitrogens is 2. The highest BCUT2D eigenvalue weighted by Gasteiger charge is 2.46. The van der Waals surface area contributed by atoms with Crippen molar-refractivity contribution in [3.63, 3.8) is 0 Å². The molecule has 1 atom stereocenters. The molecule has 0 radical (unpaired) electrons. The van der Waals surface area contributed by atoms with Gasteiger partial charge in [0.15, 0.2) is 0 Å². The highest BCUT2D eigenvalue weighted by molar-refractivity contribution is 7.11. The Bertz CT molecular complexity index is 326. The van der Waals surface area contributed by atoms with Crippen molar-refractivity contribution < 1.29 is 8.78 Å². The Morgan fingerprint density at radius 3 is 2.79 bits per heavy atom. The molecule has 1 saturated carbocycles. The van der Waals surface area contributed by atoms with Gasteiger partial charge in [0, 0.05) is 13.0 Å². The van der Waals surface area contributed by atoms with Crippen LogP contribution >= 0.6 is 11.3 Å². The molecule has 1 heterocycles. The average molecular weight is 219 g/mol. The van der Waals surface area contributed by atoms with Gasteiger partial charge >= 0.3 is 0 Å². The summed E-state index contributed by atoms with van der Waals surface area (Å²) < 4.78 is 26.6. The molecule has 1 aliphatic rings. The summed E-state index contributed by atoms with van der Waals surface area (Å²) in [5, 5.41) is 8.59. The van der Waals surface area contributed by atoms with E-state index in [4.69, 9.17) is 5.73 Å². The van der Waals surface area contributed by atoms with E-state index in [2.05, 4.69) is 10.2 Å². The van der Waals surface area contributed by atoms with Crippen LogP contribution in [0.3, 0.4) is 0 Å². The number of hydrogen-bond acceptors (Lipinski definition) is 4. The molecule has 0 aromatic carbocycles. The standard InChI is InChI=1S/C8H11F2N3S/c9-8(10)3-1-2-5(8)7-13-12-6(4-11)14-7/h5H,1-4,11H2. The van der Waals surface area contributed by atoms with Crippen molar-refractivity contribution in [1.82, 2.24) is 10.2 Å². The molecule has 0 bridgehead atoms. The average Bonchev–Trinajstić information content (AvgIpc) is 2.70. The Balaban J connectivity index is 2.22. The molecule has 0 saturated heterocycles. The van der Waals surface area contributed by atoms with Crippen LogP contribution in [-0.4, -0.2) is 16.1 Å². The summed E-state index contributed by atoms with van der Waals surface area (Å²) in [5.74, 6) is -3.34. The van der Waals surface area contributed by atoms with E-state index in [0.717, 1.165) is 0 Å². The fourth-order valence-corrected chi connectivity index (χ4v) is 2.64. The number of nitrogens with zero attached hydrogens (tertiary/aromatic N) is 2. The lowest BCUT2D eigenvalue weighted by Crippen LogP contribution is -2.19. The third-order valence-electron chi connectivity index (χ3n) is 2.47. The second kappa shape index (κ2) is 3.51. The Kier molecular flexibility index (Phi) is 2.48. The SMILES string of the molecule is NCc1nnc(C2CCCC2(F)F)s1. The van der Waals surface area contributed by atoms with Crippen LogP contribution in [0.4, 0.5) is 8.78 Å². The maximum absolute atomic E-state index is 13.3. The van der Waals surface area contributed by atoms with E-state index in [-0.39, 0.29) is 13.0 Å². The molecule has 2 N–H and O–H groups in total. The van der Waals surface area contributed by atoms with Crippen LogP contribution in [0.5, 0.6) is 0 Å². The van der Waals surface area contributed by atoms with Gasteiger partial charge in [0.05, 0.1) is 5.92 Å². The van der Waals surface area contributed by atoms with Crippen LogP contribution in [0, 0.1) is 0 Å². The third kappa shape index (κ3) is 1.64. The molecule has 0 amide bonds. The summed E-state index contributed by atoms with van der Waals surface area (Å²) in [6.07, 6.45) is 1.04. The topological polar surface area (TPSA) is 51.8 Å². The molecule has 14 heavy (non-hydrogen) atoms. The van der Waals surface area contributed by atoms with Crippen molar-refractivity contribution in [2.75, 3.05) is 0 Å². The second-order valence-electron chi connectivity index (χ2n) is 3.44. The first-order chi connectivity index (χ1) is 6.63. The van der Waals surface area contributed by atoms with Gasteiger partial charge in [-0.25, -0.2) is 8.78 Å². The second-order valence-corrected chi connectivity index (χ2v) is 4.54. The van der Waals surface area contributed by atoms with Gasteiger partial charge in [-0.15, -0.1) is 10.2 Å². The van der Waals surface area contributed by atoms with Crippen LogP contribution in [0.15, 0.2) is 0 Å². The fraction of sp³-hybridized carbons (Fsp3) is 0.750. The van der Waals surface area contributed by atoms with Crippen molar-refractivity contribution in [3.05, 3.63) is 10.0 Å². The molecule has 0 spiro atoms. The Labute approximate surface area is 84.3 Å². The van der Waals surface area contributed by atoms with Crippen molar-refractivity contribution >= 4 is 11.3 Å². The summed E-state index contributed by atoms with van der Waals surface area (Å²) in [7, 11) is 0. The lowest BCUT2D eigenvalue weighted by Gasteiger charge is -2.15. The molecule has 1 fully saturated rings. The Hall–Kier alpha value is -0.620. The molecule has 3 nitrogen and oxygen atoms in total. The lowest BCUT2D eigenvalue weighted by atomic mass is 10.1. The minimum Gasteiger partial charge on any atom is -0.324 e. The maximum Gasteiger partial charge on any atom is 0.257 e. The van der Waals surface area contributed by atoms with Crippen molar-refractivity contribution in [2.45, 2.75) is 37.6 Å². The number of rotatable bonds is 2. The van der Waals surface area contributed by atoms with Gasteiger partial charge in [0.2, 0.25) is 0 Å². The molecular formula is C8H11F2N3S. The zero-order chi connectivity index (χ0) is 10.2. The van der Waals surface area contributed by atoms with Gasteiger partial charge in [-0.2, -0.15) is 0 Å². The van der Waals surface area contributed by atoms with E-state index < -0.39 is 11.8 Å². The molecule has 6 heteroatoms. The van der Waals surface area contributed by atoms with E-state index in [1.807, 2.05) is 0 Å². The summed E-state index contributed by atoms with van der Waals surface area (Å²) in [6.45, 7) is 0.274. The van der Waals surface area contributed by atoms with E-state index in [1.165, 1.54) is 11.3 Å². The zero-order valence-electron chi connectivity index (χ0n) is 7.54. The molecule has 2 rings (SSSR count). The smallest absolute Gasteiger partial charge is 0.257 e. The quantitative estimate of drug-likeness (QED) is 0.826. The first-order valence-electron chi connectivity index (χ1n) is 4.53. The zero-order valence-corrected chi connectivity index (χ0v) is 8.36. The fourth-order valence-electron chi connectivity index (χ4n) is 1.72. The van der Waals surface area contributed by atoms with Gasteiger partial charge in [-0.3, -0.25) is 0 Å². The largest absolute Gasteiger partial charge is 0.324 e. The molecule has 1 aliphatic carbocycles. The number of halogens is 2. The summed E-state index contributed by atoms with van der Waals surface area (Å²) in [5.41, 5.74) is 5.35. The summed E-state index contributed by atoms with van der Waals surface area (Å²) in [6, 6.07) is 0. The normalized spacial score (nSPS) is 25.5.